The molecule has 0 aromatic carbocycles. The minimum atomic E-state index is -0.846. The highest BCUT2D eigenvalue weighted by Gasteiger charge is 2.16. The molecular weight excluding hydrogens is 302 g/mol. The van der Waals surface area contributed by atoms with Crippen LogP contribution < -0.4 is 27.4 Å². The summed E-state index contributed by atoms with van der Waals surface area (Å²) in [6.45, 7) is 4.44. The summed E-state index contributed by atoms with van der Waals surface area (Å²) in [6, 6.07) is -0.846. The van der Waals surface area contributed by atoms with Gasteiger partial charge in [-0.3, -0.25) is 9.59 Å². The van der Waals surface area contributed by atoms with E-state index in [1.807, 2.05) is 0 Å². The second-order valence-corrected chi connectivity index (χ2v) is 4.95. The van der Waals surface area contributed by atoms with Crippen molar-refractivity contribution in [1.29, 1.82) is 0 Å². The highest BCUT2D eigenvalue weighted by atomic mass is 16.5. The van der Waals surface area contributed by atoms with E-state index >= 15 is 0 Å². The fourth-order valence-corrected chi connectivity index (χ4v) is 1.64. The van der Waals surface area contributed by atoms with Crippen molar-refractivity contribution in [3.8, 4) is 0 Å². The van der Waals surface area contributed by atoms with Crippen LogP contribution in [0.25, 0.3) is 0 Å². The lowest BCUT2D eigenvalue weighted by atomic mass is 10.2. The first kappa shape index (κ1) is 21.7. The number of amides is 2. The summed E-state index contributed by atoms with van der Waals surface area (Å²) in [4.78, 5) is 23.3. The van der Waals surface area contributed by atoms with Gasteiger partial charge in [0.2, 0.25) is 11.8 Å². The minimum Gasteiger partial charge on any atom is -0.382 e. The summed E-state index contributed by atoms with van der Waals surface area (Å²) < 4.78 is 10.1. The first-order valence-corrected chi connectivity index (χ1v) is 7.89. The number of carbonyl (C=O) groups is 2. The normalized spacial score (nSPS) is 12.0. The van der Waals surface area contributed by atoms with Gasteiger partial charge >= 0.3 is 0 Å². The molecule has 0 bridgehead atoms. The Kier molecular flexibility index (Phi) is 14.8. The molecule has 0 radical (unpaired) electrons. The van der Waals surface area contributed by atoms with E-state index in [4.69, 9.17) is 20.9 Å². The number of hydrogen-bond acceptors (Lipinski definition) is 7. The zero-order valence-electron chi connectivity index (χ0n) is 13.9. The molecule has 0 spiro atoms. The summed E-state index contributed by atoms with van der Waals surface area (Å²) in [6.07, 6.45) is 0.647. The second kappa shape index (κ2) is 15.6. The molecule has 0 aliphatic carbocycles. The Balaban J connectivity index is 3.58. The molecule has 0 saturated carbocycles. The molecule has 7 N–H and O–H groups in total. The van der Waals surface area contributed by atoms with E-state index in [9.17, 15) is 9.59 Å². The van der Waals surface area contributed by atoms with Crippen molar-refractivity contribution in [2.45, 2.75) is 18.9 Å². The number of carbonyl (C=O) groups excluding carboxylic acids is 2. The monoisotopic (exact) mass is 333 g/mol. The summed E-state index contributed by atoms with van der Waals surface area (Å²) in [5.74, 6) is -0.580. The molecule has 0 aliphatic heterocycles. The van der Waals surface area contributed by atoms with Gasteiger partial charge in [0.25, 0.3) is 0 Å². The van der Waals surface area contributed by atoms with Crippen LogP contribution in [0.4, 0.5) is 0 Å². The van der Waals surface area contributed by atoms with Gasteiger partial charge in [-0.05, 0) is 6.42 Å². The van der Waals surface area contributed by atoms with Crippen LogP contribution in [0.1, 0.15) is 12.8 Å². The van der Waals surface area contributed by atoms with E-state index in [1.54, 1.807) is 7.11 Å². The van der Waals surface area contributed by atoms with Crippen LogP contribution in [0.3, 0.4) is 0 Å². The summed E-state index contributed by atoms with van der Waals surface area (Å²) in [7, 11) is 1.61. The maximum absolute atomic E-state index is 11.7. The molecule has 0 aliphatic rings. The Hall–Kier alpha value is -1.26. The Bertz CT molecular complexity index is 318. The SMILES string of the molecule is COCCOCCCNC(=O)C(N)CC(=O)NCCNCCN. The van der Waals surface area contributed by atoms with Crippen LogP contribution in [-0.2, 0) is 19.1 Å². The van der Waals surface area contributed by atoms with E-state index in [1.165, 1.54) is 0 Å². The third kappa shape index (κ3) is 14.1. The Morgan fingerprint density at radius 1 is 1.04 bits per heavy atom. The van der Waals surface area contributed by atoms with Crippen molar-refractivity contribution in [3.63, 3.8) is 0 Å². The molecule has 136 valence electrons. The minimum absolute atomic E-state index is 0.0347. The molecule has 0 aromatic heterocycles. The fraction of sp³-hybridized carbons (Fsp3) is 0.857. The second-order valence-electron chi connectivity index (χ2n) is 4.95. The predicted octanol–water partition coefficient (Wildman–Crippen LogP) is -2.46. The molecule has 9 heteroatoms. The molecule has 23 heavy (non-hydrogen) atoms. The molecule has 2 amide bonds. The van der Waals surface area contributed by atoms with E-state index in [2.05, 4.69) is 16.0 Å². The average Bonchev–Trinajstić information content (AvgIpc) is 2.53. The van der Waals surface area contributed by atoms with Gasteiger partial charge in [-0.15, -0.1) is 0 Å². The van der Waals surface area contributed by atoms with E-state index in [0.29, 0.717) is 59.0 Å². The third-order valence-electron chi connectivity index (χ3n) is 2.88. The van der Waals surface area contributed by atoms with Gasteiger partial charge in [-0.1, -0.05) is 0 Å². The topological polar surface area (TPSA) is 141 Å². The van der Waals surface area contributed by atoms with E-state index in [0.717, 1.165) is 0 Å². The van der Waals surface area contributed by atoms with Crippen molar-refractivity contribution in [2.24, 2.45) is 11.5 Å². The van der Waals surface area contributed by atoms with Crippen molar-refractivity contribution in [2.75, 3.05) is 59.7 Å². The molecule has 0 heterocycles. The quantitative estimate of drug-likeness (QED) is 0.209. The molecule has 0 fully saturated rings. The first-order chi connectivity index (χ1) is 11.1. The summed E-state index contributed by atoms with van der Waals surface area (Å²) >= 11 is 0. The molecule has 9 nitrogen and oxygen atoms in total. The van der Waals surface area contributed by atoms with Crippen molar-refractivity contribution >= 4 is 11.8 Å². The Labute approximate surface area is 137 Å². The number of rotatable bonds is 15. The molecular formula is C14H31N5O4. The standard InChI is InChI=1S/C14H31N5O4/c1-22-9-10-23-8-2-4-19-14(21)12(16)11-13(20)18-7-6-17-5-3-15/h12,17H,2-11,15-16H2,1H3,(H,18,20)(H,19,21). The van der Waals surface area contributed by atoms with Gasteiger partial charge in [-0.2, -0.15) is 0 Å². The van der Waals surface area contributed by atoms with Crippen LogP contribution in [0.15, 0.2) is 0 Å². The molecule has 0 rings (SSSR count). The fourth-order valence-electron chi connectivity index (χ4n) is 1.64. The molecule has 0 aromatic rings. The Morgan fingerprint density at radius 2 is 1.83 bits per heavy atom. The Morgan fingerprint density at radius 3 is 2.52 bits per heavy atom. The third-order valence-corrected chi connectivity index (χ3v) is 2.88. The number of hydrogen-bond donors (Lipinski definition) is 5. The number of methoxy groups -OCH3 is 1. The van der Waals surface area contributed by atoms with Crippen LogP contribution >= 0.6 is 0 Å². The number of nitrogens with one attached hydrogen (secondary N) is 3. The molecule has 1 unspecified atom stereocenters. The van der Waals surface area contributed by atoms with Gasteiger partial charge in [0.15, 0.2) is 0 Å². The zero-order chi connectivity index (χ0) is 17.3. The van der Waals surface area contributed by atoms with Crippen molar-refractivity contribution < 1.29 is 19.1 Å². The van der Waals surface area contributed by atoms with Crippen molar-refractivity contribution in [1.82, 2.24) is 16.0 Å². The van der Waals surface area contributed by atoms with Gasteiger partial charge in [0.1, 0.15) is 0 Å². The predicted molar refractivity (Wildman–Crippen MR) is 87.8 cm³/mol. The number of ether oxygens (including phenoxy) is 2. The zero-order valence-corrected chi connectivity index (χ0v) is 13.9. The average molecular weight is 333 g/mol. The molecule has 1 atom stereocenters. The lowest BCUT2D eigenvalue weighted by molar-refractivity contribution is -0.127. The lowest BCUT2D eigenvalue weighted by Gasteiger charge is -2.12. The maximum Gasteiger partial charge on any atom is 0.237 e. The van der Waals surface area contributed by atoms with Crippen molar-refractivity contribution in [3.05, 3.63) is 0 Å². The number of nitrogens with two attached hydrogens (primary N) is 2. The van der Waals surface area contributed by atoms with Gasteiger partial charge in [0, 0.05) is 46.4 Å². The van der Waals surface area contributed by atoms with Crippen LogP contribution in [-0.4, -0.2) is 77.5 Å². The highest BCUT2D eigenvalue weighted by molar-refractivity contribution is 5.88. The van der Waals surface area contributed by atoms with Crippen LogP contribution in [0.5, 0.6) is 0 Å². The largest absolute Gasteiger partial charge is 0.382 e. The van der Waals surface area contributed by atoms with Gasteiger partial charge in [-0.25, -0.2) is 0 Å². The first-order valence-electron chi connectivity index (χ1n) is 7.89. The van der Waals surface area contributed by atoms with Gasteiger partial charge < -0.3 is 36.9 Å². The van der Waals surface area contributed by atoms with Gasteiger partial charge in [0.05, 0.1) is 25.7 Å². The summed E-state index contributed by atoms with van der Waals surface area (Å²) in [5, 5.41) is 8.42. The van der Waals surface area contributed by atoms with Crippen LogP contribution in [0.2, 0.25) is 0 Å². The van der Waals surface area contributed by atoms with Crippen LogP contribution in [0, 0.1) is 0 Å². The van der Waals surface area contributed by atoms with E-state index in [-0.39, 0.29) is 18.2 Å². The summed E-state index contributed by atoms with van der Waals surface area (Å²) in [5.41, 5.74) is 11.0. The maximum atomic E-state index is 11.7. The smallest absolute Gasteiger partial charge is 0.237 e. The highest BCUT2D eigenvalue weighted by Crippen LogP contribution is 1.90. The lowest BCUT2D eigenvalue weighted by Crippen LogP contribution is -2.45. The van der Waals surface area contributed by atoms with E-state index < -0.39 is 6.04 Å². The molecule has 0 saturated heterocycles.